The molecule has 2 atom stereocenters. The van der Waals surface area contributed by atoms with Gasteiger partial charge in [-0.25, -0.2) is 8.78 Å². The molecule has 1 amide bonds. The molecule has 2 N–H and O–H groups in total. The smallest absolute Gasteiger partial charge is 0.254 e. The van der Waals surface area contributed by atoms with E-state index in [-0.39, 0.29) is 20.4 Å². The quantitative estimate of drug-likeness (QED) is 0.839. The molecule has 2 rings (SSSR count). The fourth-order valence-corrected chi connectivity index (χ4v) is 1.73. The lowest BCUT2D eigenvalue weighted by Gasteiger charge is -2.15. The van der Waals surface area contributed by atoms with Crippen molar-refractivity contribution in [3.05, 3.63) is 35.6 Å². The summed E-state index contributed by atoms with van der Waals surface area (Å²) in [6.07, 6.45) is -1.18. The Morgan fingerprint density at radius 3 is 2.33 bits per heavy atom. The van der Waals surface area contributed by atoms with E-state index in [1.54, 1.807) is 0 Å². The number of halogens is 2. The van der Waals surface area contributed by atoms with Crippen LogP contribution in [-0.2, 0) is 0 Å². The van der Waals surface area contributed by atoms with E-state index >= 15 is 0 Å². The molecule has 0 radical (unpaired) electrons. The van der Waals surface area contributed by atoms with Gasteiger partial charge in [0, 0.05) is 13.5 Å². The maximum Gasteiger partial charge on any atom is 0.254 e. The van der Waals surface area contributed by atoms with Gasteiger partial charge in [0.25, 0.3) is 5.91 Å². The predicted octanol–water partition coefficient (Wildman–Crippen LogP) is 2.22. The average molecular weight is 258 g/mol. The third kappa shape index (κ3) is 3.26. The highest BCUT2D eigenvalue weighted by atomic mass is 19.1. The van der Waals surface area contributed by atoms with Crippen LogP contribution < -0.4 is 5.73 Å². The van der Waals surface area contributed by atoms with Crippen molar-refractivity contribution in [2.45, 2.75) is 26.1 Å². The van der Waals surface area contributed by atoms with E-state index in [0.717, 1.165) is 0 Å². The van der Waals surface area contributed by atoms with Crippen molar-refractivity contribution >= 4 is 5.91 Å². The predicted molar refractivity (Wildman–Crippen MR) is 68.6 cm³/mol. The summed E-state index contributed by atoms with van der Waals surface area (Å²) in [7, 11) is 0. The third-order valence-electron chi connectivity index (χ3n) is 2.67. The zero-order valence-corrected chi connectivity index (χ0v) is 10.6. The molecule has 0 aromatic heterocycles. The molecule has 1 aromatic rings. The van der Waals surface area contributed by atoms with Gasteiger partial charge in [-0.3, -0.25) is 4.79 Å². The summed E-state index contributed by atoms with van der Waals surface area (Å²) in [5.41, 5.74) is 5.83. The first-order chi connectivity index (χ1) is 8.58. The molecule has 1 aliphatic rings. The van der Waals surface area contributed by atoms with Crippen LogP contribution >= 0.6 is 0 Å². The molecule has 5 heteroatoms. The van der Waals surface area contributed by atoms with Gasteiger partial charge >= 0.3 is 0 Å². The number of carbonyl (C=O) groups is 1. The van der Waals surface area contributed by atoms with Crippen molar-refractivity contribution in [3.8, 4) is 0 Å². The van der Waals surface area contributed by atoms with Gasteiger partial charge in [0.15, 0.2) is 0 Å². The molecule has 3 nitrogen and oxygen atoms in total. The van der Waals surface area contributed by atoms with E-state index in [2.05, 4.69) is 0 Å². The van der Waals surface area contributed by atoms with Gasteiger partial charge in [-0.15, -0.1) is 0 Å². The topological polar surface area (TPSA) is 46.3 Å². The van der Waals surface area contributed by atoms with Crippen molar-refractivity contribution in [1.29, 1.82) is 0 Å². The Hall–Kier alpha value is -1.49. The van der Waals surface area contributed by atoms with Crippen molar-refractivity contribution in [1.82, 2.24) is 4.90 Å². The van der Waals surface area contributed by atoms with Crippen LogP contribution in [0.1, 0.15) is 25.6 Å². The third-order valence-corrected chi connectivity index (χ3v) is 2.67. The second kappa shape index (κ2) is 6.44. The van der Waals surface area contributed by atoms with Crippen LogP contribution in [0, 0.1) is 5.82 Å². The van der Waals surface area contributed by atoms with Crippen LogP contribution in [0.5, 0.6) is 0 Å². The van der Waals surface area contributed by atoms with Crippen molar-refractivity contribution in [2.24, 2.45) is 5.73 Å². The lowest BCUT2D eigenvalue weighted by atomic mass is 10.2. The van der Waals surface area contributed by atoms with Gasteiger partial charge in [0.1, 0.15) is 12.0 Å². The summed E-state index contributed by atoms with van der Waals surface area (Å²) >= 11 is 0. The second-order valence-electron chi connectivity index (χ2n) is 3.90. The number of nitrogens with zero attached hydrogens (tertiary/aromatic N) is 1. The Morgan fingerprint density at radius 1 is 1.33 bits per heavy atom. The Morgan fingerprint density at radius 2 is 1.89 bits per heavy atom. The maximum atomic E-state index is 13.1. The lowest BCUT2D eigenvalue weighted by Crippen LogP contribution is -2.32. The van der Waals surface area contributed by atoms with Crippen LogP contribution in [-0.4, -0.2) is 36.1 Å². The fourth-order valence-electron chi connectivity index (χ4n) is 1.73. The van der Waals surface area contributed by atoms with E-state index in [4.69, 9.17) is 5.73 Å². The molecule has 1 fully saturated rings. The number of alkyl halides is 1. The van der Waals surface area contributed by atoms with Crippen LogP contribution in [0.2, 0.25) is 0 Å². The lowest BCUT2D eigenvalue weighted by molar-refractivity contribution is 0.0782. The number of hydrogen-bond donors (Lipinski definition) is 1. The first-order valence-electron chi connectivity index (χ1n) is 6.02. The first kappa shape index (κ1) is 14.6. The maximum absolute atomic E-state index is 13.1. The van der Waals surface area contributed by atoms with Crippen molar-refractivity contribution < 1.29 is 15.0 Å². The fraction of sp³-hybridized carbons (Fsp3) is 0.462. The average Bonchev–Trinajstić information content (AvgIpc) is 2.72. The summed E-state index contributed by atoms with van der Waals surface area (Å²) in [6.45, 7) is 4.22. The zero-order valence-electron chi connectivity index (χ0n) is 10.6. The molecule has 102 valence electrons. The van der Waals surface area contributed by atoms with E-state index in [1.807, 2.05) is 13.8 Å². The van der Waals surface area contributed by atoms with E-state index in [1.165, 1.54) is 29.2 Å². The normalized spacial score (nSPS) is 22.4. The molecule has 1 heterocycles. The van der Waals surface area contributed by atoms with Crippen LogP contribution in [0.15, 0.2) is 24.3 Å². The minimum atomic E-state index is -1.18. The molecular weight excluding hydrogens is 238 g/mol. The van der Waals surface area contributed by atoms with Gasteiger partial charge < -0.3 is 10.6 Å². The van der Waals surface area contributed by atoms with Gasteiger partial charge in [-0.2, -0.15) is 0 Å². The molecule has 0 bridgehead atoms. The van der Waals surface area contributed by atoms with Crippen molar-refractivity contribution in [2.75, 3.05) is 13.1 Å². The molecule has 0 spiro atoms. The Balaban J connectivity index is 0.00000103. The highest BCUT2D eigenvalue weighted by molar-refractivity contribution is 5.94. The monoisotopic (exact) mass is 258 g/mol. The summed E-state index contributed by atoms with van der Waals surface area (Å²) < 4.78 is 25.8. The number of nitrogens with two attached hydrogens (primary N) is 1. The molecule has 1 aromatic carbocycles. The minimum absolute atomic E-state index is 0. The summed E-state index contributed by atoms with van der Waals surface area (Å²) in [5, 5.41) is 0. The molecule has 0 aliphatic carbocycles. The molecule has 1 saturated heterocycles. The van der Waals surface area contributed by atoms with Gasteiger partial charge in [0.2, 0.25) is 0 Å². The summed E-state index contributed by atoms with van der Waals surface area (Å²) in [5.74, 6) is -0.714. The molecule has 1 unspecified atom stereocenters. The summed E-state index contributed by atoms with van der Waals surface area (Å²) in [4.78, 5) is 13.2. The Bertz CT molecular complexity index is 390. The van der Waals surface area contributed by atoms with Crippen LogP contribution in [0.3, 0.4) is 0 Å². The number of rotatable bonds is 1. The number of benzene rings is 1. The second-order valence-corrected chi connectivity index (χ2v) is 3.90. The van der Waals surface area contributed by atoms with E-state index < -0.39 is 18.0 Å². The molecule has 0 saturated carbocycles. The van der Waals surface area contributed by atoms with Gasteiger partial charge in [0.05, 0.1) is 12.6 Å². The van der Waals surface area contributed by atoms with Crippen LogP contribution in [0.25, 0.3) is 0 Å². The molecule has 1 aliphatic heterocycles. The molecular formula is C13H20F2N2O. The number of likely N-dealkylation sites (tertiary alicyclic amines) is 1. The van der Waals surface area contributed by atoms with Crippen LogP contribution in [0.4, 0.5) is 8.78 Å². The van der Waals surface area contributed by atoms with Gasteiger partial charge in [-0.05, 0) is 24.3 Å². The number of amides is 1. The SMILES string of the molecule is CC.N[C@@H]1CN(C(=O)c2ccc(F)cc2)CC1F.[HH]. The van der Waals surface area contributed by atoms with Crippen molar-refractivity contribution in [3.63, 3.8) is 0 Å². The van der Waals surface area contributed by atoms with E-state index in [0.29, 0.717) is 5.56 Å². The first-order valence-corrected chi connectivity index (χ1v) is 6.02. The highest BCUT2D eigenvalue weighted by Crippen LogP contribution is 2.15. The van der Waals surface area contributed by atoms with E-state index in [9.17, 15) is 13.6 Å². The largest absolute Gasteiger partial charge is 0.334 e. The Kier molecular flexibility index (Phi) is 5.22. The summed E-state index contributed by atoms with van der Waals surface area (Å²) in [6, 6.07) is 4.56. The molecule has 18 heavy (non-hydrogen) atoms. The van der Waals surface area contributed by atoms with Gasteiger partial charge in [-0.1, -0.05) is 13.8 Å². The Labute approximate surface area is 107 Å². The number of carbonyl (C=O) groups excluding carboxylic acids is 1. The minimum Gasteiger partial charge on any atom is -0.334 e. The highest BCUT2D eigenvalue weighted by Gasteiger charge is 2.33. The zero-order chi connectivity index (χ0) is 13.7. The standard InChI is InChI=1S/C11H12F2N2O.C2H6.H2/c12-8-3-1-7(2-4-8)11(16)15-5-9(13)10(14)6-15;1-2;/h1-4,9-10H,5-6,14H2;1-2H3;1H/t9?,10-;;/m1../s1. The number of hydrogen-bond acceptors (Lipinski definition) is 2.